The number of tetrazole rings is 1. The molecule has 190 valence electrons. The summed E-state index contributed by atoms with van der Waals surface area (Å²) < 4.78 is 13.2. The van der Waals surface area contributed by atoms with Crippen molar-refractivity contribution in [3.8, 4) is 0 Å². The number of allylic oxidation sites excluding steroid dienone is 7. The first kappa shape index (κ1) is 28.5. The van der Waals surface area contributed by atoms with Crippen molar-refractivity contribution in [2.75, 3.05) is 16.8 Å². The Kier molecular flexibility index (Phi) is 13.0. The number of pyridine rings is 1. The van der Waals surface area contributed by atoms with E-state index in [9.17, 15) is 4.39 Å². The number of hydrogen-bond acceptors (Lipinski definition) is 6. The highest BCUT2D eigenvalue weighted by Crippen LogP contribution is 2.22. The van der Waals surface area contributed by atoms with Crippen LogP contribution in [0, 0.1) is 5.82 Å². The van der Waals surface area contributed by atoms with Gasteiger partial charge in [-0.05, 0) is 89.3 Å². The molecule has 0 spiro atoms. The monoisotopic (exact) mass is 498 g/mol. The molecule has 0 aliphatic carbocycles. The average molecular weight is 499 g/mol. The van der Waals surface area contributed by atoms with Gasteiger partial charge in [-0.3, -0.25) is 0 Å². The first-order chi connectivity index (χ1) is 16.8. The number of hydrogen-bond donors (Lipinski definition) is 2. The van der Waals surface area contributed by atoms with Gasteiger partial charge in [0.1, 0.15) is 11.6 Å². The number of halogens is 1. The predicted molar refractivity (Wildman–Crippen MR) is 146 cm³/mol. The normalized spacial score (nSPS) is 12.9. The van der Waals surface area contributed by atoms with Crippen molar-refractivity contribution in [3.05, 3.63) is 76.6 Å². The summed E-state index contributed by atoms with van der Waals surface area (Å²) in [4.78, 5) is 4.10. The van der Waals surface area contributed by atoms with Crippen LogP contribution in [-0.2, 0) is 0 Å². The average Bonchev–Trinajstić information content (AvgIpc) is 3.35. The molecule has 0 aromatic carbocycles. The van der Waals surface area contributed by atoms with E-state index in [2.05, 4.69) is 89.8 Å². The smallest absolute Gasteiger partial charge is 0.171 e. The van der Waals surface area contributed by atoms with Gasteiger partial charge >= 0.3 is 0 Å². The Morgan fingerprint density at radius 1 is 1.03 bits per heavy atom. The van der Waals surface area contributed by atoms with Crippen molar-refractivity contribution in [1.82, 2.24) is 25.6 Å². The van der Waals surface area contributed by atoms with Crippen LogP contribution in [0.1, 0.15) is 78.6 Å². The predicted octanol–water partition coefficient (Wildman–Crippen LogP) is 7.38. The Hall–Kier alpha value is -2.74. The summed E-state index contributed by atoms with van der Waals surface area (Å²) in [7, 11) is 0. The van der Waals surface area contributed by atoms with Crippen LogP contribution in [0.3, 0.4) is 0 Å². The lowest BCUT2D eigenvalue weighted by Gasteiger charge is -2.16. The molecular formula is C27H39FN6S. The maximum Gasteiger partial charge on any atom is 0.171 e. The van der Waals surface area contributed by atoms with Gasteiger partial charge in [0.2, 0.25) is 0 Å². The lowest BCUT2D eigenvalue weighted by molar-refractivity contribution is 0.621. The van der Waals surface area contributed by atoms with Crippen molar-refractivity contribution in [3.63, 3.8) is 0 Å². The number of anilines is 1. The van der Waals surface area contributed by atoms with Crippen molar-refractivity contribution < 1.29 is 4.39 Å². The van der Waals surface area contributed by atoms with E-state index in [1.807, 2.05) is 0 Å². The third-order valence-corrected chi connectivity index (χ3v) is 6.31. The van der Waals surface area contributed by atoms with Crippen LogP contribution < -0.4 is 5.32 Å². The number of aromatic nitrogens is 5. The number of thioether (sulfide) groups is 1. The molecule has 0 amide bonds. The molecule has 0 bridgehead atoms. The molecule has 6 nitrogen and oxygen atoms in total. The molecule has 2 heterocycles. The number of rotatable bonds is 15. The quantitative estimate of drug-likeness (QED) is 0.197. The molecule has 8 heteroatoms. The fourth-order valence-corrected chi connectivity index (χ4v) is 4.29. The summed E-state index contributed by atoms with van der Waals surface area (Å²) in [6.07, 6.45) is 15.9. The van der Waals surface area contributed by atoms with E-state index in [1.54, 1.807) is 17.8 Å². The minimum Gasteiger partial charge on any atom is -0.359 e. The zero-order valence-corrected chi connectivity index (χ0v) is 22.5. The molecule has 0 aliphatic heterocycles. The summed E-state index contributed by atoms with van der Waals surface area (Å²) in [5, 5.41) is 17.6. The fraction of sp³-hybridized carbons (Fsp3) is 0.481. The topological polar surface area (TPSA) is 79.4 Å². The second-order valence-corrected chi connectivity index (χ2v) is 10.2. The fourth-order valence-electron chi connectivity index (χ4n) is 3.32. The van der Waals surface area contributed by atoms with Gasteiger partial charge in [0.15, 0.2) is 5.82 Å². The molecule has 1 unspecified atom stereocenters. The molecule has 0 fully saturated rings. The molecular weight excluding hydrogens is 459 g/mol. The van der Waals surface area contributed by atoms with Crippen LogP contribution >= 0.6 is 11.8 Å². The largest absolute Gasteiger partial charge is 0.359 e. The SMILES string of the molecule is CC(C)=CCC/C(C)=C/CCC(=CCSCC(Nc1ccc(F)cn1)c1nnn[nH]1)CC=C(C)C. The van der Waals surface area contributed by atoms with Crippen molar-refractivity contribution in [2.45, 2.75) is 72.8 Å². The van der Waals surface area contributed by atoms with E-state index in [4.69, 9.17) is 0 Å². The highest BCUT2D eigenvalue weighted by atomic mass is 32.2. The molecule has 2 N–H and O–H groups in total. The number of nitrogens with zero attached hydrogens (tertiary/aromatic N) is 4. The Balaban J connectivity index is 1.92. The molecule has 2 rings (SSSR count). The van der Waals surface area contributed by atoms with Crippen molar-refractivity contribution >= 4 is 17.6 Å². The van der Waals surface area contributed by atoms with E-state index in [0.717, 1.165) is 43.6 Å². The van der Waals surface area contributed by atoms with E-state index in [0.29, 0.717) is 11.6 Å². The van der Waals surface area contributed by atoms with Gasteiger partial charge in [0.25, 0.3) is 0 Å². The highest BCUT2D eigenvalue weighted by Gasteiger charge is 2.16. The zero-order valence-electron chi connectivity index (χ0n) is 21.6. The van der Waals surface area contributed by atoms with Crippen LogP contribution in [0.5, 0.6) is 0 Å². The standard InChI is InChI=1S/C27H39FN6S/c1-20(2)8-6-9-22(5)10-7-11-23(13-12-21(3)4)16-17-35-19-25(27-31-33-34-32-27)30-26-15-14-24(28)18-29-26/h8,10,12,14-16,18,25H,6-7,9,11,13,17,19H2,1-5H3,(H,29,30)(H,31,32,33,34)/b22-10+,23-16?. The third-order valence-electron chi connectivity index (χ3n) is 5.34. The van der Waals surface area contributed by atoms with Gasteiger partial charge < -0.3 is 5.32 Å². The summed E-state index contributed by atoms with van der Waals surface area (Å²) in [5.74, 6) is 2.48. The van der Waals surface area contributed by atoms with Gasteiger partial charge in [-0.25, -0.2) is 14.5 Å². The summed E-state index contributed by atoms with van der Waals surface area (Å²) in [5.41, 5.74) is 5.64. The highest BCUT2D eigenvalue weighted by molar-refractivity contribution is 7.99. The van der Waals surface area contributed by atoms with Gasteiger partial charge in [0.05, 0.1) is 12.2 Å². The molecule has 2 aromatic rings. The van der Waals surface area contributed by atoms with Crippen LogP contribution in [0.2, 0.25) is 0 Å². The minimum absolute atomic E-state index is 0.158. The maximum atomic E-state index is 13.2. The Bertz CT molecular complexity index is 985. The van der Waals surface area contributed by atoms with Gasteiger partial charge in [0, 0.05) is 11.5 Å². The number of aromatic amines is 1. The molecule has 2 aromatic heterocycles. The van der Waals surface area contributed by atoms with E-state index in [-0.39, 0.29) is 11.9 Å². The molecule has 1 atom stereocenters. The first-order valence-corrected chi connectivity index (χ1v) is 13.3. The molecule has 0 saturated carbocycles. The van der Waals surface area contributed by atoms with Crippen LogP contribution in [0.15, 0.2) is 64.9 Å². The van der Waals surface area contributed by atoms with E-state index < -0.39 is 0 Å². The van der Waals surface area contributed by atoms with Gasteiger partial charge in [-0.15, -0.1) is 5.10 Å². The summed E-state index contributed by atoms with van der Waals surface area (Å²) in [6, 6.07) is 2.84. The number of H-pyrrole nitrogens is 1. The molecule has 0 saturated heterocycles. The van der Waals surface area contributed by atoms with Crippen LogP contribution in [0.4, 0.5) is 10.2 Å². The third kappa shape index (κ3) is 12.5. The second kappa shape index (κ2) is 16.0. The molecule has 0 aliphatic rings. The maximum absolute atomic E-state index is 13.2. The Morgan fingerprint density at radius 3 is 2.46 bits per heavy atom. The molecule has 0 radical (unpaired) electrons. The van der Waals surface area contributed by atoms with Gasteiger partial charge in [-0.1, -0.05) is 46.6 Å². The van der Waals surface area contributed by atoms with Crippen LogP contribution in [-0.4, -0.2) is 37.1 Å². The first-order valence-electron chi connectivity index (χ1n) is 12.1. The van der Waals surface area contributed by atoms with Gasteiger partial charge in [-0.2, -0.15) is 11.8 Å². The van der Waals surface area contributed by atoms with Crippen LogP contribution in [0.25, 0.3) is 0 Å². The summed E-state index contributed by atoms with van der Waals surface area (Å²) >= 11 is 1.80. The van der Waals surface area contributed by atoms with Crippen molar-refractivity contribution in [1.29, 1.82) is 0 Å². The van der Waals surface area contributed by atoms with E-state index in [1.165, 1.54) is 34.6 Å². The van der Waals surface area contributed by atoms with E-state index >= 15 is 0 Å². The Morgan fingerprint density at radius 2 is 1.80 bits per heavy atom. The second-order valence-electron chi connectivity index (χ2n) is 9.14. The number of nitrogens with one attached hydrogen (secondary N) is 2. The minimum atomic E-state index is -0.366. The zero-order chi connectivity index (χ0) is 25.5. The molecule has 35 heavy (non-hydrogen) atoms. The summed E-state index contributed by atoms with van der Waals surface area (Å²) in [6.45, 7) is 10.8. The lowest BCUT2D eigenvalue weighted by Crippen LogP contribution is -2.16. The lowest BCUT2D eigenvalue weighted by atomic mass is 10.0. The van der Waals surface area contributed by atoms with Crippen molar-refractivity contribution in [2.24, 2.45) is 0 Å². The Labute approximate surface area is 213 Å².